The van der Waals surface area contributed by atoms with E-state index in [2.05, 4.69) is 0 Å². The quantitative estimate of drug-likeness (QED) is 0.324. The summed E-state index contributed by atoms with van der Waals surface area (Å²) >= 11 is 0. The van der Waals surface area contributed by atoms with Gasteiger partial charge in [0.25, 0.3) is 5.91 Å². The Hall–Kier alpha value is -4.06. The van der Waals surface area contributed by atoms with Gasteiger partial charge in [0.05, 0.1) is 18.8 Å². The lowest BCUT2D eigenvalue weighted by Crippen LogP contribution is -2.48. The normalized spacial score (nSPS) is 14.0. The fourth-order valence-corrected chi connectivity index (χ4v) is 5.88. The predicted molar refractivity (Wildman–Crippen MR) is 159 cm³/mol. The van der Waals surface area contributed by atoms with Gasteiger partial charge in [-0.25, -0.2) is 13.1 Å². The SMILES string of the molecule is CCOc1cccc(-c2ccccc2CCC(=O)N2CCN(c3ccc(C(=O)NS(=O)(=O)CCC(F)(F)F)cc3)CC2)c1. The van der Waals surface area contributed by atoms with Crippen molar-refractivity contribution in [1.82, 2.24) is 9.62 Å². The van der Waals surface area contributed by atoms with Crippen molar-refractivity contribution in [2.75, 3.05) is 43.4 Å². The molecule has 0 aliphatic carbocycles. The Labute approximate surface area is 249 Å². The average Bonchev–Trinajstić information content (AvgIpc) is 2.99. The number of rotatable bonds is 11. The zero-order valence-electron chi connectivity index (χ0n) is 23.8. The molecule has 12 heteroatoms. The van der Waals surface area contributed by atoms with Gasteiger partial charge in [0.15, 0.2) is 0 Å². The Morgan fingerprint density at radius 2 is 1.63 bits per heavy atom. The molecule has 0 spiro atoms. The molecule has 43 heavy (non-hydrogen) atoms. The third-order valence-electron chi connectivity index (χ3n) is 7.11. The Bertz CT molecular complexity index is 1520. The molecule has 1 fully saturated rings. The Kier molecular flexibility index (Phi) is 10.3. The van der Waals surface area contributed by atoms with E-state index in [9.17, 15) is 31.2 Å². The van der Waals surface area contributed by atoms with Gasteiger partial charge >= 0.3 is 6.18 Å². The lowest BCUT2D eigenvalue weighted by molar-refractivity contribution is -0.131. The molecule has 1 saturated heterocycles. The highest BCUT2D eigenvalue weighted by Gasteiger charge is 2.30. The lowest BCUT2D eigenvalue weighted by atomic mass is 9.96. The number of benzene rings is 3. The maximum atomic E-state index is 13.1. The third-order valence-corrected chi connectivity index (χ3v) is 8.35. The summed E-state index contributed by atoms with van der Waals surface area (Å²) in [5.74, 6) is -1.35. The summed E-state index contributed by atoms with van der Waals surface area (Å²) in [6, 6.07) is 22.1. The van der Waals surface area contributed by atoms with Crippen molar-refractivity contribution < 1.29 is 35.9 Å². The van der Waals surface area contributed by atoms with Crippen LogP contribution in [0, 0.1) is 0 Å². The lowest BCUT2D eigenvalue weighted by Gasteiger charge is -2.36. The van der Waals surface area contributed by atoms with Crippen LogP contribution in [0.25, 0.3) is 11.1 Å². The van der Waals surface area contributed by atoms with Crippen molar-refractivity contribution in [3.8, 4) is 16.9 Å². The summed E-state index contributed by atoms with van der Waals surface area (Å²) in [5, 5.41) is 0. The first-order valence-electron chi connectivity index (χ1n) is 14.0. The number of anilines is 1. The molecule has 0 atom stereocenters. The Balaban J connectivity index is 1.28. The van der Waals surface area contributed by atoms with Gasteiger partial charge in [-0.05, 0) is 66.4 Å². The van der Waals surface area contributed by atoms with Crippen LogP contribution in [0.15, 0.2) is 72.8 Å². The molecule has 0 radical (unpaired) electrons. The molecule has 1 heterocycles. The first-order chi connectivity index (χ1) is 20.4. The molecule has 1 aliphatic rings. The number of halogens is 3. The number of nitrogens with zero attached hydrogens (tertiary/aromatic N) is 2. The molecule has 0 bridgehead atoms. The van der Waals surface area contributed by atoms with E-state index in [-0.39, 0.29) is 11.5 Å². The summed E-state index contributed by atoms with van der Waals surface area (Å²) in [6.07, 6.45) is -5.21. The highest BCUT2D eigenvalue weighted by molar-refractivity contribution is 7.90. The van der Waals surface area contributed by atoms with Crippen LogP contribution in [0.4, 0.5) is 18.9 Å². The van der Waals surface area contributed by atoms with Crippen molar-refractivity contribution in [3.63, 3.8) is 0 Å². The number of ether oxygens (including phenoxy) is 1. The van der Waals surface area contributed by atoms with Gasteiger partial charge in [-0.15, -0.1) is 0 Å². The van der Waals surface area contributed by atoms with Crippen molar-refractivity contribution in [3.05, 3.63) is 83.9 Å². The highest BCUT2D eigenvalue weighted by atomic mass is 32.2. The van der Waals surface area contributed by atoms with E-state index >= 15 is 0 Å². The number of carbonyl (C=O) groups is 2. The van der Waals surface area contributed by atoms with E-state index in [0.717, 1.165) is 28.1 Å². The van der Waals surface area contributed by atoms with E-state index in [1.165, 1.54) is 12.1 Å². The van der Waals surface area contributed by atoms with Crippen molar-refractivity contribution >= 4 is 27.5 Å². The van der Waals surface area contributed by atoms with Gasteiger partial charge in [0, 0.05) is 43.9 Å². The maximum Gasteiger partial charge on any atom is 0.390 e. The number of nitrogens with one attached hydrogen (secondary N) is 1. The van der Waals surface area contributed by atoms with Gasteiger partial charge < -0.3 is 14.5 Å². The van der Waals surface area contributed by atoms with E-state index in [1.54, 1.807) is 16.9 Å². The second-order valence-corrected chi connectivity index (χ2v) is 12.0. The van der Waals surface area contributed by atoms with E-state index in [0.29, 0.717) is 45.6 Å². The highest BCUT2D eigenvalue weighted by Crippen LogP contribution is 2.28. The Morgan fingerprint density at radius 3 is 2.30 bits per heavy atom. The summed E-state index contributed by atoms with van der Waals surface area (Å²) in [6.45, 7) is 4.72. The van der Waals surface area contributed by atoms with Crippen molar-refractivity contribution in [1.29, 1.82) is 0 Å². The minimum atomic E-state index is -4.64. The molecule has 1 aliphatic heterocycles. The molecule has 4 rings (SSSR count). The van der Waals surface area contributed by atoms with Crippen LogP contribution in [0.2, 0.25) is 0 Å². The van der Waals surface area contributed by atoms with E-state index in [4.69, 9.17) is 4.74 Å². The predicted octanol–water partition coefficient (Wildman–Crippen LogP) is 5.05. The van der Waals surface area contributed by atoms with E-state index < -0.39 is 34.3 Å². The number of hydrogen-bond acceptors (Lipinski definition) is 6. The van der Waals surface area contributed by atoms with Gasteiger partial charge in [0.2, 0.25) is 15.9 Å². The van der Waals surface area contributed by atoms with Crippen LogP contribution in [-0.2, 0) is 21.2 Å². The molecule has 1 N–H and O–H groups in total. The summed E-state index contributed by atoms with van der Waals surface area (Å²) in [4.78, 5) is 29.2. The van der Waals surface area contributed by atoms with Crippen molar-refractivity contribution in [2.45, 2.75) is 32.4 Å². The first kappa shape index (κ1) is 31.9. The summed E-state index contributed by atoms with van der Waals surface area (Å²) in [7, 11) is -4.42. The minimum Gasteiger partial charge on any atom is -0.494 e. The van der Waals surface area contributed by atoms with Crippen LogP contribution < -0.4 is 14.4 Å². The second-order valence-electron chi connectivity index (χ2n) is 10.1. The molecular weight excluding hydrogens is 583 g/mol. The largest absolute Gasteiger partial charge is 0.494 e. The number of sulfonamides is 1. The molecule has 0 unspecified atom stereocenters. The van der Waals surface area contributed by atoms with E-state index in [1.807, 2.05) is 65.3 Å². The molecule has 230 valence electrons. The molecule has 8 nitrogen and oxygen atoms in total. The molecule has 2 amide bonds. The average molecular weight is 618 g/mol. The molecule has 0 aromatic heterocycles. The first-order valence-corrected chi connectivity index (χ1v) is 15.6. The maximum absolute atomic E-state index is 13.1. The molecular formula is C31H34F3N3O5S. The van der Waals surface area contributed by atoms with Crippen LogP contribution in [-0.4, -0.2) is 69.8 Å². The van der Waals surface area contributed by atoms with Crippen molar-refractivity contribution in [2.24, 2.45) is 0 Å². The zero-order chi connectivity index (χ0) is 31.0. The topological polar surface area (TPSA) is 96.0 Å². The number of carbonyl (C=O) groups excluding carboxylic acids is 2. The third kappa shape index (κ3) is 9.21. The van der Waals surface area contributed by atoms with Crippen LogP contribution in [0.3, 0.4) is 0 Å². The van der Waals surface area contributed by atoms with Crippen LogP contribution >= 0.6 is 0 Å². The van der Waals surface area contributed by atoms with Gasteiger partial charge in [0.1, 0.15) is 5.75 Å². The number of amides is 2. The number of piperazine rings is 1. The van der Waals surface area contributed by atoms with Gasteiger partial charge in [-0.1, -0.05) is 36.4 Å². The minimum absolute atomic E-state index is 0.0121. The fourth-order valence-electron chi connectivity index (χ4n) is 4.88. The zero-order valence-corrected chi connectivity index (χ0v) is 24.6. The Morgan fingerprint density at radius 1 is 0.930 bits per heavy atom. The molecule has 0 saturated carbocycles. The molecule has 3 aromatic carbocycles. The number of hydrogen-bond donors (Lipinski definition) is 1. The van der Waals surface area contributed by atoms with Crippen LogP contribution in [0.1, 0.15) is 35.7 Å². The smallest absolute Gasteiger partial charge is 0.390 e. The summed E-state index contributed by atoms with van der Waals surface area (Å²) < 4.78 is 68.0. The standard InChI is InChI=1S/C31H34F3N3O5S/c1-2-42-27-8-5-7-25(22-27)28-9-4-3-6-23(28)12-15-29(38)37-19-17-36(18-20-37)26-13-10-24(11-14-26)30(39)35-43(40,41)21-16-31(32,33)34/h3-11,13-14,22H,2,12,15-21H2,1H3,(H,35,39). The summed E-state index contributed by atoms with van der Waals surface area (Å²) in [5.41, 5.74) is 3.98. The van der Waals surface area contributed by atoms with Gasteiger partial charge in [-0.2, -0.15) is 13.2 Å². The molecule has 3 aromatic rings. The fraction of sp³-hybridized carbons (Fsp3) is 0.355. The van der Waals surface area contributed by atoms with Crippen LogP contribution in [0.5, 0.6) is 5.75 Å². The van der Waals surface area contributed by atoms with Gasteiger partial charge in [-0.3, -0.25) is 9.59 Å². The number of aryl methyl sites for hydroxylation is 1. The number of alkyl halides is 3. The second kappa shape index (κ2) is 13.9. The monoisotopic (exact) mass is 617 g/mol.